The van der Waals surface area contributed by atoms with E-state index in [1.54, 1.807) is 0 Å². The molecule has 0 saturated heterocycles. The number of amides is 1. The fraction of sp³-hybridized carbons (Fsp3) is 0.945. The lowest BCUT2D eigenvalue weighted by Gasteiger charge is -2.27. The minimum absolute atomic E-state index is 0.365. The average Bonchev–Trinajstić information content (AvgIpc) is 3.26. The molecule has 0 radical (unpaired) electrons. The van der Waals surface area contributed by atoms with E-state index in [4.69, 9.17) is 0 Å². The SMILES string of the molecule is CCCCCCCCCCCCC/C=C\CCCCCCCCC(O)C(=O)NC(CO)C(O)C(O)CCCCCCCCCCCCCCCCCCCCCCCCCC. The molecule has 0 fully saturated rings. The molecule has 0 aromatic carbocycles. The van der Waals surface area contributed by atoms with Gasteiger partial charge in [-0.1, -0.05) is 276 Å². The van der Waals surface area contributed by atoms with Crippen molar-refractivity contribution in [2.75, 3.05) is 6.61 Å². The smallest absolute Gasteiger partial charge is 0.249 e. The molecule has 0 aromatic rings. The maximum atomic E-state index is 12.6. The van der Waals surface area contributed by atoms with E-state index >= 15 is 0 Å². The van der Waals surface area contributed by atoms with Crippen molar-refractivity contribution in [3.63, 3.8) is 0 Å². The van der Waals surface area contributed by atoms with Crippen LogP contribution < -0.4 is 5.32 Å². The van der Waals surface area contributed by atoms with E-state index in [-0.39, 0.29) is 0 Å². The molecule has 0 bridgehead atoms. The predicted octanol–water partition coefficient (Wildman–Crippen LogP) is 15.7. The van der Waals surface area contributed by atoms with Crippen LogP contribution in [0.1, 0.15) is 303 Å². The second kappa shape index (κ2) is 50.1. The van der Waals surface area contributed by atoms with E-state index in [0.717, 1.165) is 44.9 Å². The highest BCUT2D eigenvalue weighted by atomic mass is 16.3. The Balaban J connectivity index is 3.63. The summed E-state index contributed by atoms with van der Waals surface area (Å²) in [7, 11) is 0. The first-order valence-electron chi connectivity index (χ1n) is 27.6. The second-order valence-electron chi connectivity index (χ2n) is 19.3. The van der Waals surface area contributed by atoms with Crippen molar-refractivity contribution in [3.05, 3.63) is 12.2 Å². The van der Waals surface area contributed by atoms with Crippen LogP contribution in [-0.2, 0) is 4.79 Å². The summed E-state index contributed by atoms with van der Waals surface area (Å²) in [5.41, 5.74) is 0. The molecule has 0 rings (SSSR count). The monoisotopic (exact) mass is 864 g/mol. The zero-order chi connectivity index (χ0) is 44.5. The number of rotatable bonds is 51. The number of hydrogen-bond donors (Lipinski definition) is 5. The third kappa shape index (κ3) is 44.1. The van der Waals surface area contributed by atoms with Crippen molar-refractivity contribution in [3.8, 4) is 0 Å². The third-order valence-corrected chi connectivity index (χ3v) is 13.2. The van der Waals surface area contributed by atoms with Gasteiger partial charge in [0, 0.05) is 0 Å². The Morgan fingerprint density at radius 2 is 0.656 bits per heavy atom. The van der Waals surface area contributed by atoms with Crippen LogP contribution >= 0.6 is 0 Å². The summed E-state index contributed by atoms with van der Waals surface area (Å²) in [4.78, 5) is 12.6. The topological polar surface area (TPSA) is 110 Å². The predicted molar refractivity (Wildman–Crippen MR) is 265 cm³/mol. The van der Waals surface area contributed by atoms with Crippen molar-refractivity contribution >= 4 is 5.91 Å². The standard InChI is InChI=1S/C55H109NO5/c1-3-5-7-9-11-13-15-17-19-21-23-25-26-27-29-30-32-34-36-38-40-42-44-46-48-52(58)54(60)51(50-57)56-55(61)53(59)49-47-45-43-41-39-37-35-33-31-28-24-22-20-18-16-14-12-10-8-6-4-2/h31,33,51-54,57-60H,3-30,32,34-50H2,1-2H3,(H,56,61)/b33-31-. The Hall–Kier alpha value is -0.950. The Bertz CT molecular complexity index is 882. The number of aliphatic hydroxyl groups excluding tert-OH is 4. The minimum Gasteiger partial charge on any atom is -0.394 e. The van der Waals surface area contributed by atoms with E-state index in [1.165, 1.54) is 231 Å². The van der Waals surface area contributed by atoms with Gasteiger partial charge < -0.3 is 25.7 Å². The number of hydrogen-bond acceptors (Lipinski definition) is 5. The average molecular weight is 864 g/mol. The molecular formula is C55H109NO5. The summed E-state index contributed by atoms with van der Waals surface area (Å²) in [6, 6.07) is -0.986. The van der Waals surface area contributed by atoms with Crippen molar-refractivity contribution in [2.24, 2.45) is 0 Å². The van der Waals surface area contributed by atoms with Gasteiger partial charge in [0.1, 0.15) is 12.2 Å². The van der Waals surface area contributed by atoms with Crippen LogP contribution in [0.4, 0.5) is 0 Å². The van der Waals surface area contributed by atoms with Crippen LogP contribution in [-0.4, -0.2) is 57.3 Å². The summed E-state index contributed by atoms with van der Waals surface area (Å²) in [6.07, 6.45) is 58.4. The Morgan fingerprint density at radius 1 is 0.393 bits per heavy atom. The van der Waals surface area contributed by atoms with Crippen molar-refractivity contribution < 1.29 is 25.2 Å². The molecule has 364 valence electrons. The van der Waals surface area contributed by atoms with Gasteiger partial charge in [0.25, 0.3) is 0 Å². The van der Waals surface area contributed by atoms with Gasteiger partial charge in [-0.15, -0.1) is 0 Å². The Labute approximate surface area is 381 Å². The van der Waals surface area contributed by atoms with Crippen LogP contribution in [0.3, 0.4) is 0 Å². The zero-order valence-corrected chi connectivity index (χ0v) is 41.2. The Kier molecular flexibility index (Phi) is 49.3. The van der Waals surface area contributed by atoms with Crippen LogP contribution in [0, 0.1) is 0 Å². The largest absolute Gasteiger partial charge is 0.394 e. The number of unbranched alkanes of at least 4 members (excludes halogenated alkanes) is 40. The molecule has 5 N–H and O–H groups in total. The molecule has 4 atom stereocenters. The quantitative estimate of drug-likeness (QED) is 0.0309. The van der Waals surface area contributed by atoms with E-state index in [2.05, 4.69) is 31.3 Å². The number of carbonyl (C=O) groups excluding carboxylic acids is 1. The molecule has 6 heteroatoms. The summed E-state index contributed by atoms with van der Waals surface area (Å²) < 4.78 is 0. The van der Waals surface area contributed by atoms with Crippen LogP contribution in [0.15, 0.2) is 12.2 Å². The lowest BCUT2D eigenvalue weighted by atomic mass is 9.99. The zero-order valence-electron chi connectivity index (χ0n) is 41.2. The summed E-state index contributed by atoms with van der Waals surface area (Å²) in [5, 5.41) is 44.0. The van der Waals surface area contributed by atoms with E-state index in [9.17, 15) is 25.2 Å². The molecule has 4 unspecified atom stereocenters. The van der Waals surface area contributed by atoms with Crippen molar-refractivity contribution in [1.82, 2.24) is 5.32 Å². The van der Waals surface area contributed by atoms with Gasteiger partial charge >= 0.3 is 0 Å². The first-order valence-corrected chi connectivity index (χ1v) is 27.6. The fourth-order valence-electron chi connectivity index (χ4n) is 8.87. The number of allylic oxidation sites excluding steroid dienone is 2. The van der Waals surface area contributed by atoms with Gasteiger partial charge in [0.15, 0.2) is 0 Å². The maximum absolute atomic E-state index is 12.6. The first-order chi connectivity index (χ1) is 30.0. The first kappa shape index (κ1) is 60.1. The number of aliphatic hydroxyl groups is 4. The van der Waals surface area contributed by atoms with Gasteiger partial charge in [-0.3, -0.25) is 4.79 Å². The molecule has 0 spiro atoms. The highest BCUT2D eigenvalue weighted by molar-refractivity contribution is 5.80. The van der Waals surface area contributed by atoms with Gasteiger partial charge in [0.2, 0.25) is 5.91 Å². The van der Waals surface area contributed by atoms with Crippen molar-refractivity contribution in [2.45, 2.75) is 327 Å². The molecule has 0 saturated carbocycles. The molecule has 61 heavy (non-hydrogen) atoms. The molecule has 1 amide bonds. The molecule has 0 aliphatic heterocycles. The van der Waals surface area contributed by atoms with Crippen LogP contribution in [0.5, 0.6) is 0 Å². The van der Waals surface area contributed by atoms with Gasteiger partial charge in [-0.2, -0.15) is 0 Å². The van der Waals surface area contributed by atoms with Gasteiger partial charge in [0.05, 0.1) is 18.8 Å². The van der Waals surface area contributed by atoms with E-state index in [1.807, 2.05) is 0 Å². The van der Waals surface area contributed by atoms with Crippen LogP contribution in [0.2, 0.25) is 0 Å². The van der Waals surface area contributed by atoms with Gasteiger partial charge in [-0.05, 0) is 38.5 Å². The van der Waals surface area contributed by atoms with Crippen molar-refractivity contribution in [1.29, 1.82) is 0 Å². The van der Waals surface area contributed by atoms with E-state index in [0.29, 0.717) is 12.8 Å². The molecule has 0 aliphatic rings. The van der Waals surface area contributed by atoms with Crippen LogP contribution in [0.25, 0.3) is 0 Å². The van der Waals surface area contributed by atoms with Gasteiger partial charge in [-0.25, -0.2) is 0 Å². The molecule has 0 heterocycles. The summed E-state index contributed by atoms with van der Waals surface area (Å²) >= 11 is 0. The number of nitrogens with one attached hydrogen (secondary N) is 1. The molecular weight excluding hydrogens is 755 g/mol. The molecule has 0 aromatic heterocycles. The third-order valence-electron chi connectivity index (χ3n) is 13.2. The molecule has 6 nitrogen and oxygen atoms in total. The lowest BCUT2D eigenvalue weighted by molar-refractivity contribution is -0.132. The molecule has 0 aliphatic carbocycles. The fourth-order valence-corrected chi connectivity index (χ4v) is 8.87. The normalized spacial score (nSPS) is 13.9. The summed E-state index contributed by atoms with van der Waals surface area (Å²) in [6.45, 7) is 4.09. The second-order valence-corrected chi connectivity index (χ2v) is 19.3. The Morgan fingerprint density at radius 3 is 0.951 bits per heavy atom. The lowest BCUT2D eigenvalue weighted by Crippen LogP contribution is -2.53. The highest BCUT2D eigenvalue weighted by Gasteiger charge is 2.28. The summed E-state index contributed by atoms with van der Waals surface area (Å²) in [5.74, 6) is -0.583. The maximum Gasteiger partial charge on any atom is 0.249 e. The highest BCUT2D eigenvalue weighted by Crippen LogP contribution is 2.18. The minimum atomic E-state index is -1.26. The number of carbonyl (C=O) groups is 1. The van der Waals surface area contributed by atoms with E-state index < -0.39 is 36.9 Å².